The summed E-state index contributed by atoms with van der Waals surface area (Å²) < 4.78 is 3.59. The number of nitrogens with zero attached hydrogens (tertiary/aromatic N) is 3. The van der Waals surface area contributed by atoms with Crippen molar-refractivity contribution in [2.75, 3.05) is 5.32 Å². The number of hydrogen-bond donors (Lipinski definition) is 2. The number of H-pyrrole nitrogens is 1. The molecule has 0 aliphatic carbocycles. The highest BCUT2D eigenvalue weighted by molar-refractivity contribution is 5.52. The van der Waals surface area contributed by atoms with Crippen molar-refractivity contribution in [2.24, 2.45) is 0 Å². The summed E-state index contributed by atoms with van der Waals surface area (Å²) in [6.07, 6.45) is 6.44. The van der Waals surface area contributed by atoms with Gasteiger partial charge in [-0.25, -0.2) is 4.79 Å². The number of nitrogens with one attached hydrogen (secondary N) is 2. The minimum absolute atomic E-state index is 0.119. The highest BCUT2D eigenvalue weighted by Crippen LogP contribution is 2.16. The number of imidazole rings is 1. The molecular weight excluding hydrogens is 290 g/mol. The second-order valence-corrected chi connectivity index (χ2v) is 5.72. The predicted molar refractivity (Wildman–Crippen MR) is 91.1 cm³/mol. The zero-order valence-electron chi connectivity index (χ0n) is 13.4. The van der Waals surface area contributed by atoms with E-state index < -0.39 is 0 Å². The van der Waals surface area contributed by atoms with E-state index in [1.807, 2.05) is 48.1 Å². The second kappa shape index (κ2) is 6.56. The lowest BCUT2D eigenvalue weighted by atomic mass is 10.2. The number of aryl methyl sites for hydroxylation is 2. The van der Waals surface area contributed by atoms with E-state index in [1.165, 1.54) is 0 Å². The number of aromatic amines is 1. The smallest absolute Gasteiger partial charge is 0.330 e. The number of rotatable bonds is 6. The van der Waals surface area contributed by atoms with E-state index in [0.29, 0.717) is 6.04 Å². The summed E-state index contributed by atoms with van der Waals surface area (Å²) in [7, 11) is 0. The SMILES string of the molecule is Cc1c[nH]c(=O)n1-c1cccc(NC(C)CCn2cccn2)c1. The first-order chi connectivity index (χ1) is 11.1. The maximum Gasteiger partial charge on any atom is 0.330 e. The Balaban J connectivity index is 1.69. The fourth-order valence-corrected chi connectivity index (χ4v) is 2.63. The molecule has 2 heterocycles. The molecular formula is C17H21N5O. The molecule has 0 amide bonds. The molecule has 3 aromatic rings. The van der Waals surface area contributed by atoms with Crippen LogP contribution in [-0.4, -0.2) is 25.4 Å². The van der Waals surface area contributed by atoms with Gasteiger partial charge in [-0.05, 0) is 44.5 Å². The molecule has 120 valence electrons. The molecule has 2 aromatic heterocycles. The zero-order valence-corrected chi connectivity index (χ0v) is 13.4. The van der Waals surface area contributed by atoms with Crippen molar-refractivity contribution in [1.29, 1.82) is 0 Å². The van der Waals surface area contributed by atoms with Crippen LogP contribution >= 0.6 is 0 Å². The summed E-state index contributed by atoms with van der Waals surface area (Å²) in [4.78, 5) is 14.6. The predicted octanol–water partition coefficient (Wildman–Crippen LogP) is 2.56. The first-order valence-corrected chi connectivity index (χ1v) is 7.75. The van der Waals surface area contributed by atoms with Gasteiger partial charge in [-0.1, -0.05) is 6.07 Å². The Morgan fingerprint density at radius 2 is 2.22 bits per heavy atom. The minimum Gasteiger partial charge on any atom is -0.382 e. The Hall–Kier alpha value is -2.76. The van der Waals surface area contributed by atoms with Gasteiger partial charge in [-0.2, -0.15) is 5.10 Å². The fraction of sp³-hybridized carbons (Fsp3) is 0.294. The van der Waals surface area contributed by atoms with Crippen LogP contribution in [0.4, 0.5) is 5.69 Å². The average molecular weight is 311 g/mol. The van der Waals surface area contributed by atoms with Gasteiger partial charge in [0.1, 0.15) is 0 Å². The molecule has 6 heteroatoms. The third-order valence-corrected chi connectivity index (χ3v) is 3.83. The van der Waals surface area contributed by atoms with Crippen molar-refractivity contribution >= 4 is 5.69 Å². The van der Waals surface area contributed by atoms with Crippen LogP contribution in [0.5, 0.6) is 0 Å². The zero-order chi connectivity index (χ0) is 16.2. The molecule has 23 heavy (non-hydrogen) atoms. The Morgan fingerprint density at radius 3 is 2.91 bits per heavy atom. The van der Waals surface area contributed by atoms with E-state index >= 15 is 0 Å². The molecule has 0 fully saturated rings. The van der Waals surface area contributed by atoms with Crippen LogP contribution < -0.4 is 11.0 Å². The molecule has 0 radical (unpaired) electrons. The first-order valence-electron chi connectivity index (χ1n) is 7.75. The average Bonchev–Trinajstić information content (AvgIpc) is 3.15. The first kappa shape index (κ1) is 15.1. The highest BCUT2D eigenvalue weighted by atomic mass is 16.1. The molecule has 0 aliphatic rings. The number of hydrogen-bond acceptors (Lipinski definition) is 3. The Labute approximate surface area is 134 Å². The second-order valence-electron chi connectivity index (χ2n) is 5.72. The maximum atomic E-state index is 11.9. The molecule has 1 aromatic carbocycles. The van der Waals surface area contributed by atoms with Gasteiger partial charge in [0.2, 0.25) is 0 Å². The fourth-order valence-electron chi connectivity index (χ4n) is 2.63. The molecule has 0 saturated carbocycles. The van der Waals surface area contributed by atoms with Gasteiger partial charge in [-0.15, -0.1) is 0 Å². The molecule has 1 unspecified atom stereocenters. The van der Waals surface area contributed by atoms with Crippen LogP contribution in [0.1, 0.15) is 19.0 Å². The van der Waals surface area contributed by atoms with Crippen LogP contribution in [0.3, 0.4) is 0 Å². The highest BCUT2D eigenvalue weighted by Gasteiger charge is 2.07. The molecule has 6 nitrogen and oxygen atoms in total. The molecule has 3 rings (SSSR count). The quantitative estimate of drug-likeness (QED) is 0.735. The van der Waals surface area contributed by atoms with Crippen molar-refractivity contribution in [2.45, 2.75) is 32.9 Å². The van der Waals surface area contributed by atoms with Gasteiger partial charge >= 0.3 is 5.69 Å². The summed E-state index contributed by atoms with van der Waals surface area (Å²) in [6, 6.07) is 10.1. The largest absolute Gasteiger partial charge is 0.382 e. The summed E-state index contributed by atoms with van der Waals surface area (Å²) in [5.74, 6) is 0. The van der Waals surface area contributed by atoms with Crippen LogP contribution in [0.2, 0.25) is 0 Å². The lowest BCUT2D eigenvalue weighted by molar-refractivity contribution is 0.546. The third-order valence-electron chi connectivity index (χ3n) is 3.83. The van der Waals surface area contributed by atoms with Gasteiger partial charge in [0.05, 0.1) is 5.69 Å². The van der Waals surface area contributed by atoms with E-state index in [-0.39, 0.29) is 5.69 Å². The van der Waals surface area contributed by atoms with Crippen molar-refractivity contribution in [3.05, 3.63) is 65.1 Å². The van der Waals surface area contributed by atoms with Gasteiger partial charge in [0.25, 0.3) is 0 Å². The van der Waals surface area contributed by atoms with Gasteiger partial charge in [0, 0.05) is 42.6 Å². The summed E-state index contributed by atoms with van der Waals surface area (Å²) in [5, 5.41) is 7.69. The van der Waals surface area contributed by atoms with Crippen LogP contribution in [0, 0.1) is 6.92 Å². The number of anilines is 1. The standard InChI is InChI=1S/C17H21N5O/c1-13(7-10-21-9-4-8-19-21)20-15-5-3-6-16(11-15)22-14(2)12-18-17(22)23/h3-6,8-9,11-13,20H,7,10H2,1-2H3,(H,18,23). The summed E-state index contributed by atoms with van der Waals surface area (Å²) >= 11 is 0. The maximum absolute atomic E-state index is 11.9. The van der Waals surface area contributed by atoms with Crippen molar-refractivity contribution in [3.63, 3.8) is 0 Å². The Bertz CT molecular complexity index is 816. The van der Waals surface area contributed by atoms with Crippen LogP contribution in [0.25, 0.3) is 5.69 Å². The lowest BCUT2D eigenvalue weighted by Crippen LogP contribution is -2.19. The van der Waals surface area contributed by atoms with E-state index in [9.17, 15) is 4.79 Å². The monoisotopic (exact) mass is 311 g/mol. The minimum atomic E-state index is -0.119. The third kappa shape index (κ3) is 3.53. The normalized spacial score (nSPS) is 12.3. The van der Waals surface area contributed by atoms with Crippen molar-refractivity contribution in [3.8, 4) is 5.69 Å². The van der Waals surface area contributed by atoms with E-state index in [1.54, 1.807) is 17.0 Å². The van der Waals surface area contributed by atoms with Crippen molar-refractivity contribution in [1.82, 2.24) is 19.3 Å². The summed E-state index contributed by atoms with van der Waals surface area (Å²) in [5.41, 5.74) is 2.63. The van der Waals surface area contributed by atoms with Gasteiger partial charge in [0.15, 0.2) is 0 Å². The van der Waals surface area contributed by atoms with Crippen molar-refractivity contribution < 1.29 is 0 Å². The summed E-state index contributed by atoms with van der Waals surface area (Å²) in [6.45, 7) is 4.92. The molecule has 0 saturated heterocycles. The van der Waals surface area contributed by atoms with E-state index in [0.717, 1.165) is 30.0 Å². The van der Waals surface area contributed by atoms with Gasteiger partial charge < -0.3 is 10.3 Å². The number of benzene rings is 1. The van der Waals surface area contributed by atoms with E-state index in [4.69, 9.17) is 0 Å². The molecule has 1 atom stereocenters. The van der Waals surface area contributed by atoms with E-state index in [2.05, 4.69) is 22.3 Å². The van der Waals surface area contributed by atoms with Gasteiger partial charge in [-0.3, -0.25) is 9.25 Å². The molecule has 2 N–H and O–H groups in total. The van der Waals surface area contributed by atoms with Crippen LogP contribution in [-0.2, 0) is 6.54 Å². The number of aromatic nitrogens is 4. The Kier molecular flexibility index (Phi) is 4.32. The molecule has 0 bridgehead atoms. The lowest BCUT2D eigenvalue weighted by Gasteiger charge is -2.16. The molecule has 0 spiro atoms. The Morgan fingerprint density at radius 1 is 1.35 bits per heavy atom. The van der Waals surface area contributed by atoms with Crippen LogP contribution in [0.15, 0.2) is 53.7 Å². The molecule has 0 aliphatic heterocycles. The topological polar surface area (TPSA) is 67.6 Å².